The van der Waals surface area contributed by atoms with Gasteiger partial charge in [-0.1, -0.05) is 28.1 Å². The molecule has 0 radical (unpaired) electrons. The lowest BCUT2D eigenvalue weighted by Crippen LogP contribution is -2.07. The fourth-order valence-corrected chi connectivity index (χ4v) is 1.79. The maximum absolute atomic E-state index is 11.7. The standard InChI is InChI=1S/C14H11BrN2O/c15-11-4-3-6-13(10-11)17-14(18)8-7-12-5-1-2-9-16-12/h1-10H,(H,17,18)/b8-7+. The van der Waals surface area contributed by atoms with Crippen molar-refractivity contribution in [2.24, 2.45) is 0 Å². The first-order valence-electron chi connectivity index (χ1n) is 5.40. The van der Waals surface area contributed by atoms with E-state index in [0.717, 1.165) is 15.9 Å². The Morgan fingerprint density at radius 3 is 2.83 bits per heavy atom. The van der Waals surface area contributed by atoms with Gasteiger partial charge < -0.3 is 5.32 Å². The van der Waals surface area contributed by atoms with E-state index in [0.29, 0.717) is 0 Å². The van der Waals surface area contributed by atoms with Crippen molar-refractivity contribution in [1.29, 1.82) is 0 Å². The Morgan fingerprint density at radius 2 is 2.11 bits per heavy atom. The number of amides is 1. The highest BCUT2D eigenvalue weighted by molar-refractivity contribution is 9.10. The molecule has 0 saturated carbocycles. The van der Waals surface area contributed by atoms with Gasteiger partial charge >= 0.3 is 0 Å². The minimum Gasteiger partial charge on any atom is -0.322 e. The molecule has 1 aromatic heterocycles. The molecule has 18 heavy (non-hydrogen) atoms. The molecule has 0 unspecified atom stereocenters. The predicted molar refractivity (Wildman–Crippen MR) is 76.0 cm³/mol. The number of benzene rings is 1. The quantitative estimate of drug-likeness (QED) is 0.882. The number of halogens is 1. The number of carbonyl (C=O) groups excluding carboxylic acids is 1. The number of hydrogen-bond donors (Lipinski definition) is 1. The number of nitrogens with zero attached hydrogens (tertiary/aromatic N) is 1. The first kappa shape index (κ1) is 12.5. The van der Waals surface area contributed by atoms with Crippen LogP contribution in [-0.4, -0.2) is 10.9 Å². The molecule has 0 bridgehead atoms. The van der Waals surface area contributed by atoms with Crippen molar-refractivity contribution >= 4 is 33.6 Å². The van der Waals surface area contributed by atoms with Crippen LogP contribution in [0.2, 0.25) is 0 Å². The zero-order valence-corrected chi connectivity index (χ0v) is 11.1. The highest BCUT2D eigenvalue weighted by Gasteiger charge is 1.98. The summed E-state index contributed by atoms with van der Waals surface area (Å²) >= 11 is 3.35. The van der Waals surface area contributed by atoms with Gasteiger partial charge in [-0.2, -0.15) is 0 Å². The average molecular weight is 303 g/mol. The number of hydrogen-bond acceptors (Lipinski definition) is 2. The molecule has 0 aliphatic rings. The van der Waals surface area contributed by atoms with Gasteiger partial charge in [0.25, 0.3) is 0 Å². The highest BCUT2D eigenvalue weighted by atomic mass is 79.9. The number of rotatable bonds is 3. The van der Waals surface area contributed by atoms with Gasteiger partial charge in [-0.15, -0.1) is 0 Å². The van der Waals surface area contributed by atoms with Crippen LogP contribution in [0.3, 0.4) is 0 Å². The van der Waals surface area contributed by atoms with Gasteiger partial charge in [0.05, 0.1) is 5.69 Å². The van der Waals surface area contributed by atoms with Crippen molar-refractivity contribution in [3.05, 3.63) is 64.9 Å². The summed E-state index contributed by atoms with van der Waals surface area (Å²) in [6.45, 7) is 0. The molecular formula is C14H11BrN2O. The molecule has 0 fully saturated rings. The van der Waals surface area contributed by atoms with Gasteiger partial charge in [0, 0.05) is 22.4 Å². The summed E-state index contributed by atoms with van der Waals surface area (Å²) < 4.78 is 0.925. The molecule has 2 rings (SSSR count). The molecule has 0 aliphatic carbocycles. The molecule has 1 amide bonds. The molecule has 2 aromatic rings. The molecule has 3 nitrogen and oxygen atoms in total. The Balaban J connectivity index is 1.99. The zero-order chi connectivity index (χ0) is 12.8. The van der Waals surface area contributed by atoms with Crippen molar-refractivity contribution < 1.29 is 4.79 Å². The van der Waals surface area contributed by atoms with Crippen LogP contribution in [0, 0.1) is 0 Å². The van der Waals surface area contributed by atoms with E-state index in [1.165, 1.54) is 6.08 Å². The summed E-state index contributed by atoms with van der Waals surface area (Å²) in [6.07, 6.45) is 4.82. The molecule has 0 spiro atoms. The van der Waals surface area contributed by atoms with Crippen LogP contribution in [0.4, 0.5) is 5.69 Å². The van der Waals surface area contributed by atoms with E-state index in [2.05, 4.69) is 26.2 Å². The largest absolute Gasteiger partial charge is 0.322 e. The average Bonchev–Trinajstić information content (AvgIpc) is 2.38. The summed E-state index contributed by atoms with van der Waals surface area (Å²) in [5.74, 6) is -0.182. The molecule has 4 heteroatoms. The minimum atomic E-state index is -0.182. The fraction of sp³-hybridized carbons (Fsp3) is 0. The highest BCUT2D eigenvalue weighted by Crippen LogP contribution is 2.15. The zero-order valence-electron chi connectivity index (χ0n) is 9.51. The SMILES string of the molecule is O=C(/C=C/c1ccccn1)Nc1cccc(Br)c1. The van der Waals surface area contributed by atoms with Crippen molar-refractivity contribution in [2.75, 3.05) is 5.32 Å². The number of aromatic nitrogens is 1. The lowest BCUT2D eigenvalue weighted by Gasteiger charge is -2.01. The smallest absolute Gasteiger partial charge is 0.248 e. The summed E-state index contributed by atoms with van der Waals surface area (Å²) in [5, 5.41) is 2.77. The molecule has 90 valence electrons. The van der Waals surface area contributed by atoms with Crippen LogP contribution in [0.1, 0.15) is 5.69 Å². The molecule has 0 aliphatic heterocycles. The van der Waals surface area contributed by atoms with Gasteiger partial charge in [0.2, 0.25) is 5.91 Å². The van der Waals surface area contributed by atoms with E-state index >= 15 is 0 Å². The Morgan fingerprint density at radius 1 is 1.22 bits per heavy atom. The third-order valence-corrected chi connectivity index (χ3v) is 2.68. The summed E-state index contributed by atoms with van der Waals surface area (Å²) in [4.78, 5) is 15.8. The Labute approximate surface area is 114 Å². The van der Waals surface area contributed by atoms with E-state index in [1.807, 2.05) is 42.5 Å². The van der Waals surface area contributed by atoms with Gasteiger partial charge in [0.1, 0.15) is 0 Å². The van der Waals surface area contributed by atoms with Gasteiger partial charge in [-0.3, -0.25) is 9.78 Å². The number of nitrogens with one attached hydrogen (secondary N) is 1. The van der Waals surface area contributed by atoms with E-state index in [9.17, 15) is 4.79 Å². The van der Waals surface area contributed by atoms with Gasteiger partial charge in [-0.25, -0.2) is 0 Å². The number of carbonyl (C=O) groups is 1. The third-order valence-electron chi connectivity index (χ3n) is 2.19. The van der Waals surface area contributed by atoms with Crippen LogP contribution >= 0.6 is 15.9 Å². The normalized spacial score (nSPS) is 10.5. The first-order valence-corrected chi connectivity index (χ1v) is 6.19. The molecule has 1 N–H and O–H groups in total. The molecule has 0 atom stereocenters. The van der Waals surface area contributed by atoms with E-state index in [-0.39, 0.29) is 5.91 Å². The predicted octanol–water partition coefficient (Wildman–Crippen LogP) is 3.50. The molecular weight excluding hydrogens is 292 g/mol. The van der Waals surface area contributed by atoms with E-state index < -0.39 is 0 Å². The van der Waals surface area contributed by atoms with Crippen molar-refractivity contribution in [3.63, 3.8) is 0 Å². The monoisotopic (exact) mass is 302 g/mol. The lowest BCUT2D eigenvalue weighted by atomic mass is 10.3. The minimum absolute atomic E-state index is 0.182. The Bertz CT molecular complexity index is 567. The van der Waals surface area contributed by atoms with Gasteiger partial charge in [0.15, 0.2) is 0 Å². The summed E-state index contributed by atoms with van der Waals surface area (Å²) in [7, 11) is 0. The van der Waals surface area contributed by atoms with Crippen LogP contribution in [0.5, 0.6) is 0 Å². The molecule has 0 saturated heterocycles. The summed E-state index contributed by atoms with van der Waals surface area (Å²) in [6, 6.07) is 13.0. The van der Waals surface area contributed by atoms with Crippen LogP contribution in [0.15, 0.2) is 59.2 Å². The van der Waals surface area contributed by atoms with Crippen LogP contribution < -0.4 is 5.32 Å². The lowest BCUT2D eigenvalue weighted by molar-refractivity contribution is -0.111. The fourth-order valence-electron chi connectivity index (χ4n) is 1.39. The Kier molecular flexibility index (Phi) is 4.25. The van der Waals surface area contributed by atoms with Crippen molar-refractivity contribution in [3.8, 4) is 0 Å². The van der Waals surface area contributed by atoms with Crippen molar-refractivity contribution in [1.82, 2.24) is 4.98 Å². The van der Waals surface area contributed by atoms with Crippen LogP contribution in [0.25, 0.3) is 6.08 Å². The molecule has 1 heterocycles. The summed E-state index contributed by atoms with van der Waals surface area (Å²) in [5.41, 5.74) is 1.50. The number of pyridine rings is 1. The van der Waals surface area contributed by atoms with E-state index in [4.69, 9.17) is 0 Å². The number of anilines is 1. The van der Waals surface area contributed by atoms with Crippen LogP contribution in [-0.2, 0) is 4.79 Å². The first-order chi connectivity index (χ1) is 8.74. The van der Waals surface area contributed by atoms with Gasteiger partial charge in [-0.05, 0) is 36.4 Å². The second-order valence-corrected chi connectivity index (χ2v) is 4.50. The maximum Gasteiger partial charge on any atom is 0.248 e. The Hall–Kier alpha value is -1.94. The topological polar surface area (TPSA) is 42.0 Å². The molecule has 1 aromatic carbocycles. The van der Waals surface area contributed by atoms with E-state index in [1.54, 1.807) is 12.3 Å². The third kappa shape index (κ3) is 3.82. The second-order valence-electron chi connectivity index (χ2n) is 3.59. The second kappa shape index (κ2) is 6.12. The van der Waals surface area contributed by atoms with Crippen molar-refractivity contribution in [2.45, 2.75) is 0 Å². The maximum atomic E-state index is 11.7.